The molecule has 0 aliphatic carbocycles. The summed E-state index contributed by atoms with van der Waals surface area (Å²) in [6, 6.07) is 18.7. The summed E-state index contributed by atoms with van der Waals surface area (Å²) in [4.78, 5) is 4.55. The Morgan fingerprint density at radius 1 is 1.00 bits per heavy atom. The third kappa shape index (κ3) is 3.60. The Balaban J connectivity index is 1.76. The standard InChI is InChI=1S/C23H21ClFN3/c1-15-16(2)28(14-18-6-4-3-5-7-18)22-20(15)12-21(24)27-23(22)26-13-17-8-10-19(25)11-9-17/h3-12H,13-14H2,1-2H3,(H,26,27). The molecule has 0 radical (unpaired) electrons. The minimum Gasteiger partial charge on any atom is -0.364 e. The van der Waals surface area contributed by atoms with E-state index in [1.807, 2.05) is 24.3 Å². The quantitative estimate of drug-likeness (QED) is 0.415. The lowest BCUT2D eigenvalue weighted by Gasteiger charge is -2.13. The lowest BCUT2D eigenvalue weighted by molar-refractivity contribution is 0.627. The van der Waals surface area contributed by atoms with Gasteiger partial charge in [0.1, 0.15) is 11.0 Å². The number of nitrogens with one attached hydrogen (secondary N) is 1. The highest BCUT2D eigenvalue weighted by molar-refractivity contribution is 6.30. The van der Waals surface area contributed by atoms with Crippen LogP contribution in [-0.4, -0.2) is 9.55 Å². The van der Waals surface area contributed by atoms with Gasteiger partial charge in [0.15, 0.2) is 5.82 Å². The lowest BCUT2D eigenvalue weighted by atomic mass is 10.2. The number of benzene rings is 2. The van der Waals surface area contributed by atoms with Gasteiger partial charge in [0.2, 0.25) is 0 Å². The first kappa shape index (κ1) is 18.5. The molecule has 28 heavy (non-hydrogen) atoms. The van der Waals surface area contributed by atoms with E-state index < -0.39 is 0 Å². The molecular weight excluding hydrogens is 373 g/mol. The van der Waals surface area contributed by atoms with Crippen molar-refractivity contribution in [2.24, 2.45) is 0 Å². The van der Waals surface area contributed by atoms with E-state index >= 15 is 0 Å². The highest BCUT2D eigenvalue weighted by Gasteiger charge is 2.17. The molecule has 0 amide bonds. The molecule has 142 valence electrons. The van der Waals surface area contributed by atoms with Crippen LogP contribution in [0.4, 0.5) is 10.2 Å². The third-order valence-electron chi connectivity index (χ3n) is 5.14. The van der Waals surface area contributed by atoms with Crippen molar-refractivity contribution >= 4 is 28.3 Å². The van der Waals surface area contributed by atoms with E-state index in [-0.39, 0.29) is 5.82 Å². The summed E-state index contributed by atoms with van der Waals surface area (Å²) in [5.41, 5.74) is 5.62. The summed E-state index contributed by atoms with van der Waals surface area (Å²) in [6.07, 6.45) is 0. The van der Waals surface area contributed by atoms with Crippen LogP contribution < -0.4 is 5.32 Å². The molecule has 0 saturated heterocycles. The molecular formula is C23H21ClFN3. The van der Waals surface area contributed by atoms with E-state index in [1.165, 1.54) is 29.0 Å². The Kier molecular flexibility index (Phi) is 5.05. The van der Waals surface area contributed by atoms with Gasteiger partial charge in [-0.1, -0.05) is 54.1 Å². The number of rotatable bonds is 5. The van der Waals surface area contributed by atoms with Gasteiger partial charge in [0.25, 0.3) is 0 Å². The largest absolute Gasteiger partial charge is 0.364 e. The minimum absolute atomic E-state index is 0.241. The zero-order chi connectivity index (χ0) is 19.7. The summed E-state index contributed by atoms with van der Waals surface area (Å²) in [6.45, 7) is 5.53. The van der Waals surface area contributed by atoms with Gasteiger partial charge < -0.3 is 9.88 Å². The van der Waals surface area contributed by atoms with Gasteiger partial charge in [-0.2, -0.15) is 0 Å². The Hall–Kier alpha value is -2.85. The Morgan fingerprint density at radius 2 is 1.71 bits per heavy atom. The molecule has 4 aromatic rings. The van der Waals surface area contributed by atoms with Crippen molar-refractivity contribution in [2.75, 3.05) is 5.32 Å². The number of aromatic nitrogens is 2. The summed E-state index contributed by atoms with van der Waals surface area (Å²) >= 11 is 6.31. The van der Waals surface area contributed by atoms with Gasteiger partial charge in [-0.15, -0.1) is 0 Å². The molecule has 2 aromatic carbocycles. The first-order chi connectivity index (χ1) is 13.5. The first-order valence-electron chi connectivity index (χ1n) is 9.21. The van der Waals surface area contributed by atoms with Crippen molar-refractivity contribution in [1.29, 1.82) is 0 Å². The summed E-state index contributed by atoms with van der Waals surface area (Å²) in [5.74, 6) is 0.494. The van der Waals surface area contributed by atoms with Crippen LogP contribution >= 0.6 is 11.6 Å². The molecule has 4 rings (SSSR count). The van der Waals surface area contributed by atoms with E-state index in [4.69, 9.17) is 11.6 Å². The van der Waals surface area contributed by atoms with E-state index in [2.05, 4.69) is 40.8 Å². The van der Waals surface area contributed by atoms with Gasteiger partial charge in [-0.3, -0.25) is 0 Å². The fraction of sp³-hybridized carbons (Fsp3) is 0.174. The van der Waals surface area contributed by atoms with Crippen molar-refractivity contribution < 1.29 is 4.39 Å². The van der Waals surface area contributed by atoms with Crippen LogP contribution in [0.2, 0.25) is 5.15 Å². The lowest BCUT2D eigenvalue weighted by Crippen LogP contribution is -2.07. The van der Waals surface area contributed by atoms with Crippen LogP contribution in [-0.2, 0) is 13.1 Å². The van der Waals surface area contributed by atoms with Crippen LogP contribution in [0.1, 0.15) is 22.4 Å². The van der Waals surface area contributed by atoms with Crippen molar-refractivity contribution in [1.82, 2.24) is 9.55 Å². The second-order valence-electron chi connectivity index (χ2n) is 6.95. The van der Waals surface area contributed by atoms with Crippen LogP contribution in [0.15, 0.2) is 60.7 Å². The van der Waals surface area contributed by atoms with Crippen molar-refractivity contribution in [2.45, 2.75) is 26.9 Å². The first-order valence-corrected chi connectivity index (χ1v) is 9.59. The van der Waals surface area contributed by atoms with Gasteiger partial charge in [-0.05, 0) is 48.7 Å². The number of fused-ring (bicyclic) bond motifs is 1. The molecule has 0 spiro atoms. The molecule has 0 unspecified atom stereocenters. The van der Waals surface area contributed by atoms with Gasteiger partial charge in [0, 0.05) is 24.2 Å². The smallest absolute Gasteiger partial charge is 0.152 e. The van der Waals surface area contributed by atoms with Crippen molar-refractivity contribution in [3.05, 3.63) is 94.0 Å². The maximum Gasteiger partial charge on any atom is 0.152 e. The predicted octanol–water partition coefficient (Wildman–Crippen LogP) is 6.11. The molecule has 1 N–H and O–H groups in total. The number of pyridine rings is 1. The average Bonchev–Trinajstić information content (AvgIpc) is 2.93. The molecule has 0 atom stereocenters. The van der Waals surface area contributed by atoms with E-state index in [0.29, 0.717) is 11.7 Å². The highest BCUT2D eigenvalue weighted by Crippen LogP contribution is 2.33. The molecule has 0 bridgehead atoms. The van der Waals surface area contributed by atoms with E-state index in [0.717, 1.165) is 28.8 Å². The van der Waals surface area contributed by atoms with Gasteiger partial charge in [-0.25, -0.2) is 9.37 Å². The maximum absolute atomic E-state index is 13.2. The van der Waals surface area contributed by atoms with Crippen LogP contribution in [0.3, 0.4) is 0 Å². The topological polar surface area (TPSA) is 29.9 Å². The van der Waals surface area contributed by atoms with Crippen molar-refractivity contribution in [3.63, 3.8) is 0 Å². The fourth-order valence-corrected chi connectivity index (χ4v) is 3.70. The zero-order valence-corrected chi connectivity index (χ0v) is 16.6. The molecule has 0 saturated carbocycles. The second-order valence-corrected chi connectivity index (χ2v) is 7.34. The Morgan fingerprint density at radius 3 is 2.43 bits per heavy atom. The van der Waals surface area contributed by atoms with E-state index in [1.54, 1.807) is 12.1 Å². The second kappa shape index (κ2) is 7.64. The predicted molar refractivity (Wildman–Crippen MR) is 113 cm³/mol. The Labute approximate surface area is 168 Å². The molecule has 5 heteroatoms. The number of hydrogen-bond donors (Lipinski definition) is 1. The molecule has 3 nitrogen and oxygen atoms in total. The Bertz CT molecular complexity index is 1120. The summed E-state index contributed by atoms with van der Waals surface area (Å²) in [7, 11) is 0. The third-order valence-corrected chi connectivity index (χ3v) is 5.33. The zero-order valence-electron chi connectivity index (χ0n) is 15.8. The highest BCUT2D eigenvalue weighted by atomic mass is 35.5. The number of aryl methyl sites for hydroxylation is 1. The van der Waals surface area contributed by atoms with Crippen LogP contribution in [0.5, 0.6) is 0 Å². The molecule has 0 fully saturated rings. The van der Waals surface area contributed by atoms with Crippen molar-refractivity contribution in [3.8, 4) is 0 Å². The number of anilines is 1. The van der Waals surface area contributed by atoms with Crippen LogP contribution in [0.25, 0.3) is 10.9 Å². The molecule has 0 aliphatic heterocycles. The summed E-state index contributed by atoms with van der Waals surface area (Å²) in [5, 5.41) is 4.94. The average molecular weight is 394 g/mol. The molecule has 2 heterocycles. The molecule has 0 aliphatic rings. The van der Waals surface area contributed by atoms with Crippen LogP contribution in [0, 0.1) is 19.7 Å². The van der Waals surface area contributed by atoms with Gasteiger partial charge in [0.05, 0.1) is 5.52 Å². The summed E-state index contributed by atoms with van der Waals surface area (Å²) < 4.78 is 15.4. The van der Waals surface area contributed by atoms with Gasteiger partial charge >= 0.3 is 0 Å². The molecule has 2 aromatic heterocycles. The normalized spacial score (nSPS) is 11.1. The number of halogens is 2. The number of nitrogens with zero attached hydrogens (tertiary/aromatic N) is 2. The minimum atomic E-state index is -0.241. The fourth-order valence-electron chi connectivity index (χ4n) is 3.51. The monoisotopic (exact) mass is 393 g/mol. The number of hydrogen-bond acceptors (Lipinski definition) is 2. The maximum atomic E-state index is 13.2. The SMILES string of the molecule is Cc1c(C)n(Cc2ccccc2)c2c(NCc3ccc(F)cc3)nc(Cl)cc12. The van der Waals surface area contributed by atoms with E-state index in [9.17, 15) is 4.39 Å².